The number of amides is 1. The lowest BCUT2D eigenvalue weighted by molar-refractivity contribution is -0.122. The number of halogens is 1. The molecule has 31 heavy (non-hydrogen) atoms. The summed E-state index contributed by atoms with van der Waals surface area (Å²) in [7, 11) is 0. The number of hydrogen-bond donors (Lipinski definition) is 1. The van der Waals surface area contributed by atoms with Crippen LogP contribution in [0.15, 0.2) is 77.2 Å². The summed E-state index contributed by atoms with van der Waals surface area (Å²) in [5.41, 5.74) is 2.26. The van der Waals surface area contributed by atoms with Crippen molar-refractivity contribution in [3.05, 3.63) is 95.5 Å². The van der Waals surface area contributed by atoms with Gasteiger partial charge in [0.15, 0.2) is 11.9 Å². The van der Waals surface area contributed by atoms with E-state index in [9.17, 15) is 14.0 Å². The van der Waals surface area contributed by atoms with Crippen molar-refractivity contribution in [2.75, 3.05) is 5.32 Å². The van der Waals surface area contributed by atoms with Gasteiger partial charge in [0.2, 0.25) is 5.78 Å². The van der Waals surface area contributed by atoms with E-state index in [-0.39, 0.29) is 11.5 Å². The lowest BCUT2D eigenvalue weighted by Gasteiger charge is -2.15. The van der Waals surface area contributed by atoms with Crippen LogP contribution in [0.3, 0.4) is 0 Å². The van der Waals surface area contributed by atoms with Crippen LogP contribution in [0.1, 0.15) is 28.6 Å². The third-order valence-electron chi connectivity index (χ3n) is 4.86. The van der Waals surface area contributed by atoms with Gasteiger partial charge >= 0.3 is 0 Å². The van der Waals surface area contributed by atoms with Crippen molar-refractivity contribution in [3.8, 4) is 5.75 Å². The van der Waals surface area contributed by atoms with Gasteiger partial charge in [0.1, 0.15) is 17.1 Å². The van der Waals surface area contributed by atoms with E-state index in [1.807, 2.05) is 19.1 Å². The van der Waals surface area contributed by atoms with E-state index in [4.69, 9.17) is 9.15 Å². The van der Waals surface area contributed by atoms with Crippen LogP contribution >= 0.6 is 0 Å². The van der Waals surface area contributed by atoms with Crippen LogP contribution in [0.4, 0.5) is 10.1 Å². The summed E-state index contributed by atoms with van der Waals surface area (Å²) in [6.45, 7) is 3.51. The van der Waals surface area contributed by atoms with Gasteiger partial charge in [-0.3, -0.25) is 9.59 Å². The highest BCUT2D eigenvalue weighted by Gasteiger charge is 2.25. The van der Waals surface area contributed by atoms with Gasteiger partial charge in [0.05, 0.1) is 5.69 Å². The minimum absolute atomic E-state index is 0.0485. The monoisotopic (exact) mass is 417 g/mol. The fourth-order valence-electron chi connectivity index (χ4n) is 3.16. The number of fused-ring (bicyclic) bond motifs is 1. The van der Waals surface area contributed by atoms with Crippen LogP contribution in [0, 0.1) is 12.7 Å². The molecule has 0 aliphatic heterocycles. The average molecular weight is 417 g/mol. The van der Waals surface area contributed by atoms with Gasteiger partial charge in [-0.25, -0.2) is 4.39 Å². The summed E-state index contributed by atoms with van der Waals surface area (Å²) in [4.78, 5) is 25.9. The molecule has 156 valence electrons. The van der Waals surface area contributed by atoms with Crippen LogP contribution < -0.4 is 10.1 Å². The summed E-state index contributed by atoms with van der Waals surface area (Å²) in [5.74, 6) is -0.787. The molecule has 1 atom stereocenters. The minimum Gasteiger partial charge on any atom is -0.481 e. The first-order valence-corrected chi connectivity index (χ1v) is 9.78. The van der Waals surface area contributed by atoms with Gasteiger partial charge in [0.25, 0.3) is 5.91 Å². The molecule has 0 aliphatic carbocycles. The third kappa shape index (κ3) is 4.33. The Hall–Kier alpha value is -3.93. The Morgan fingerprint density at radius 2 is 1.65 bits per heavy atom. The molecule has 1 amide bonds. The molecule has 1 N–H and O–H groups in total. The van der Waals surface area contributed by atoms with Crippen molar-refractivity contribution in [3.63, 3.8) is 0 Å². The normalized spacial score (nSPS) is 11.8. The van der Waals surface area contributed by atoms with Crippen LogP contribution in [0.5, 0.6) is 5.75 Å². The number of benzene rings is 3. The lowest BCUT2D eigenvalue weighted by Crippen LogP contribution is -2.30. The Morgan fingerprint density at radius 3 is 2.35 bits per heavy atom. The molecule has 1 unspecified atom stereocenters. The smallest absolute Gasteiger partial charge is 0.265 e. The van der Waals surface area contributed by atoms with Crippen LogP contribution in [-0.2, 0) is 4.79 Å². The quantitative estimate of drug-likeness (QED) is 0.420. The van der Waals surface area contributed by atoms with Gasteiger partial charge in [0, 0.05) is 10.9 Å². The van der Waals surface area contributed by atoms with E-state index in [1.54, 1.807) is 43.3 Å². The Bertz CT molecular complexity index is 1240. The zero-order valence-electron chi connectivity index (χ0n) is 17.0. The van der Waals surface area contributed by atoms with Gasteiger partial charge < -0.3 is 14.5 Å². The fraction of sp³-hybridized carbons (Fsp3) is 0.120. The largest absolute Gasteiger partial charge is 0.481 e. The molecular formula is C25H20FNO4. The zero-order valence-corrected chi connectivity index (χ0v) is 17.0. The second-order valence-electron chi connectivity index (χ2n) is 7.20. The summed E-state index contributed by atoms with van der Waals surface area (Å²) in [6, 6.07) is 19.6. The topological polar surface area (TPSA) is 68.5 Å². The van der Waals surface area contributed by atoms with Crippen molar-refractivity contribution >= 4 is 28.3 Å². The van der Waals surface area contributed by atoms with Gasteiger partial charge in [-0.05, 0) is 50.2 Å². The van der Waals surface area contributed by atoms with E-state index in [2.05, 4.69) is 5.32 Å². The Morgan fingerprint density at radius 1 is 0.968 bits per heavy atom. The van der Waals surface area contributed by atoms with E-state index in [0.29, 0.717) is 28.0 Å². The highest BCUT2D eigenvalue weighted by molar-refractivity contribution is 6.17. The van der Waals surface area contributed by atoms with Crippen molar-refractivity contribution in [1.82, 2.24) is 0 Å². The van der Waals surface area contributed by atoms with Gasteiger partial charge in [-0.1, -0.05) is 42.0 Å². The predicted molar refractivity (Wildman–Crippen MR) is 116 cm³/mol. The Kier molecular flexibility index (Phi) is 5.54. The maximum absolute atomic E-state index is 13.1. The van der Waals surface area contributed by atoms with Crippen molar-refractivity contribution in [2.24, 2.45) is 0 Å². The molecule has 6 heteroatoms. The Balaban J connectivity index is 1.63. The summed E-state index contributed by atoms with van der Waals surface area (Å²) >= 11 is 0. The second kappa shape index (κ2) is 8.44. The predicted octanol–water partition coefficient (Wildman–Crippen LogP) is 5.52. The number of ether oxygens (including phenoxy) is 1. The third-order valence-corrected chi connectivity index (χ3v) is 4.86. The molecule has 0 spiro atoms. The molecule has 0 aliphatic rings. The number of hydrogen-bond acceptors (Lipinski definition) is 4. The zero-order chi connectivity index (χ0) is 22.0. The number of carbonyl (C=O) groups excluding carboxylic acids is 2. The van der Waals surface area contributed by atoms with Gasteiger partial charge in [-0.2, -0.15) is 0 Å². The molecule has 0 saturated heterocycles. The molecule has 4 aromatic rings. The molecule has 1 aromatic heterocycles. The van der Waals surface area contributed by atoms with Crippen molar-refractivity contribution in [1.29, 1.82) is 0 Å². The van der Waals surface area contributed by atoms with E-state index in [1.165, 1.54) is 24.3 Å². The first-order valence-electron chi connectivity index (χ1n) is 9.78. The maximum Gasteiger partial charge on any atom is 0.265 e. The number of anilines is 1. The van der Waals surface area contributed by atoms with Gasteiger partial charge in [-0.15, -0.1) is 0 Å². The number of ketones is 1. The van der Waals surface area contributed by atoms with E-state index >= 15 is 0 Å². The number of para-hydroxylation sites is 1. The number of furan rings is 1. The number of rotatable bonds is 6. The van der Waals surface area contributed by atoms with E-state index < -0.39 is 17.8 Å². The summed E-state index contributed by atoms with van der Waals surface area (Å²) in [5, 5.41) is 3.39. The van der Waals surface area contributed by atoms with Crippen LogP contribution in [0.2, 0.25) is 0 Å². The average Bonchev–Trinajstić information content (AvgIpc) is 3.13. The van der Waals surface area contributed by atoms with Crippen molar-refractivity contribution < 1.29 is 23.1 Å². The fourth-order valence-corrected chi connectivity index (χ4v) is 3.16. The lowest BCUT2D eigenvalue weighted by atomic mass is 10.1. The van der Waals surface area contributed by atoms with Crippen molar-refractivity contribution in [2.45, 2.75) is 20.0 Å². The van der Waals surface area contributed by atoms with E-state index in [0.717, 1.165) is 5.56 Å². The second-order valence-corrected chi connectivity index (χ2v) is 7.20. The first-order chi connectivity index (χ1) is 14.9. The molecular weight excluding hydrogens is 397 g/mol. The maximum atomic E-state index is 13.1. The number of carbonyl (C=O) groups is 2. The molecule has 0 bridgehead atoms. The van der Waals surface area contributed by atoms with Crippen LogP contribution in [0.25, 0.3) is 11.0 Å². The first kappa shape index (κ1) is 20.3. The Labute approximate surface area is 178 Å². The molecule has 5 nitrogen and oxygen atoms in total. The van der Waals surface area contributed by atoms with Crippen LogP contribution in [-0.4, -0.2) is 17.8 Å². The molecule has 0 fully saturated rings. The summed E-state index contributed by atoms with van der Waals surface area (Å²) < 4.78 is 24.5. The SMILES string of the molecule is Cc1ccc(C(=O)c2oc3ccccc3c2NC(=O)C(C)Oc2ccc(F)cc2)cc1. The molecule has 0 radical (unpaired) electrons. The standard InChI is InChI=1S/C25H20FNO4/c1-15-7-9-17(10-8-15)23(28)24-22(20-5-3-4-6-21(20)31-24)27-25(29)16(2)30-19-13-11-18(26)12-14-19/h3-14,16H,1-2H3,(H,27,29). The molecule has 1 heterocycles. The summed E-state index contributed by atoms with van der Waals surface area (Å²) in [6.07, 6.45) is -0.888. The molecule has 0 saturated carbocycles. The highest BCUT2D eigenvalue weighted by atomic mass is 19.1. The molecule has 4 rings (SSSR count). The molecule has 3 aromatic carbocycles. The highest BCUT2D eigenvalue weighted by Crippen LogP contribution is 2.33. The number of aryl methyl sites for hydroxylation is 1. The number of nitrogens with one attached hydrogen (secondary N) is 1. The minimum atomic E-state index is -0.888.